The zero-order valence-electron chi connectivity index (χ0n) is 13.0. The van der Waals surface area contributed by atoms with E-state index in [9.17, 15) is 4.79 Å². The Hall–Kier alpha value is -1.43. The topological polar surface area (TPSA) is 65.0 Å². The van der Waals surface area contributed by atoms with Gasteiger partial charge in [0, 0.05) is 0 Å². The largest absolute Gasteiger partial charge is 0.372 e. The highest BCUT2D eigenvalue weighted by Gasteiger charge is 2.18. The molecule has 0 saturated carbocycles. The van der Waals surface area contributed by atoms with Crippen molar-refractivity contribution >= 4 is 5.97 Å². The molecule has 20 heavy (non-hydrogen) atoms. The second-order valence-electron chi connectivity index (χ2n) is 6.14. The third-order valence-electron chi connectivity index (χ3n) is 1.63. The summed E-state index contributed by atoms with van der Waals surface area (Å²) in [6, 6.07) is 8.25. The first-order chi connectivity index (χ1) is 9.05. The third kappa shape index (κ3) is 10.5. The molecule has 1 N–H and O–H groups in total. The van der Waals surface area contributed by atoms with Crippen LogP contribution in [0.25, 0.3) is 0 Å². The van der Waals surface area contributed by atoms with Gasteiger partial charge in [-0.2, -0.15) is 5.26 Å². The van der Waals surface area contributed by atoms with Crippen LogP contribution in [-0.4, -0.2) is 22.4 Å². The molecule has 114 valence electrons. The van der Waals surface area contributed by atoms with E-state index in [0.717, 1.165) is 0 Å². The summed E-state index contributed by atoms with van der Waals surface area (Å²) < 4.78 is 0. The van der Waals surface area contributed by atoms with Gasteiger partial charge in [0.2, 0.25) is 0 Å². The lowest BCUT2D eigenvalue weighted by atomic mass is 10.2. The van der Waals surface area contributed by atoms with Gasteiger partial charge >= 0.3 is 5.97 Å². The summed E-state index contributed by atoms with van der Waals surface area (Å²) in [5.41, 5.74) is -0.0920. The van der Waals surface area contributed by atoms with Crippen LogP contribution >= 0.6 is 0 Å². The van der Waals surface area contributed by atoms with Gasteiger partial charge in [0.1, 0.15) is 0 Å². The summed E-state index contributed by atoms with van der Waals surface area (Å²) in [4.78, 5) is 24.2. The molecule has 1 aromatic carbocycles. The van der Waals surface area contributed by atoms with Gasteiger partial charge in [0.15, 0.2) is 0 Å². The smallest absolute Gasteiger partial charge is 0.296 e. The predicted molar refractivity (Wildman–Crippen MR) is 76.2 cm³/mol. The van der Waals surface area contributed by atoms with Crippen LogP contribution in [0, 0.1) is 0 Å². The van der Waals surface area contributed by atoms with Gasteiger partial charge in [0.05, 0.1) is 16.8 Å². The number of carbonyl (C=O) groups excluding carboxylic acids is 1. The minimum Gasteiger partial charge on any atom is -0.296 e. The van der Waals surface area contributed by atoms with Crippen molar-refractivity contribution in [1.29, 1.82) is 0 Å². The highest BCUT2D eigenvalue weighted by Crippen LogP contribution is 2.14. The molecule has 0 saturated heterocycles. The van der Waals surface area contributed by atoms with Gasteiger partial charge in [-0.25, -0.2) is 14.6 Å². The van der Waals surface area contributed by atoms with E-state index in [1.165, 1.54) is 0 Å². The molecule has 5 nitrogen and oxygen atoms in total. The fraction of sp³-hybridized carbons (Fsp3) is 0.533. The molecule has 0 amide bonds. The molecular formula is C15H24O5. The maximum absolute atomic E-state index is 10.5. The van der Waals surface area contributed by atoms with Crippen molar-refractivity contribution in [3.05, 3.63) is 35.9 Å². The molecule has 0 aliphatic heterocycles. The average molecular weight is 284 g/mol. The lowest BCUT2D eigenvalue weighted by molar-refractivity contribution is -0.393. The molecule has 0 aromatic heterocycles. The van der Waals surface area contributed by atoms with Crippen LogP contribution < -0.4 is 0 Å². The molecule has 1 aromatic rings. The number of carbonyl (C=O) groups is 1. The van der Waals surface area contributed by atoms with Crippen molar-refractivity contribution in [3.8, 4) is 0 Å². The minimum atomic E-state index is -0.736. The summed E-state index contributed by atoms with van der Waals surface area (Å²) in [5, 5.41) is 7.94. The van der Waals surface area contributed by atoms with Gasteiger partial charge in [-0.15, -0.1) is 0 Å². The normalized spacial score (nSPS) is 11.3. The Morgan fingerprint density at radius 3 is 1.60 bits per heavy atom. The quantitative estimate of drug-likeness (QED) is 0.660. The maximum atomic E-state index is 10.5. The van der Waals surface area contributed by atoms with E-state index in [-0.39, 0.29) is 11.2 Å². The SMILES string of the molecule is CC(C)(C)OOC(C)(C)C.O=C(OO)c1ccccc1. The van der Waals surface area contributed by atoms with Gasteiger partial charge in [-0.05, 0) is 53.7 Å². The lowest BCUT2D eigenvalue weighted by Crippen LogP contribution is -2.27. The lowest BCUT2D eigenvalue weighted by Gasteiger charge is -2.24. The molecule has 0 aliphatic carbocycles. The highest BCUT2D eigenvalue weighted by molar-refractivity contribution is 5.88. The number of rotatable bonds is 2. The average Bonchev–Trinajstić information content (AvgIpc) is 2.36. The van der Waals surface area contributed by atoms with E-state index in [1.54, 1.807) is 30.3 Å². The minimum absolute atomic E-state index is 0.215. The van der Waals surface area contributed by atoms with Crippen LogP contribution in [0.3, 0.4) is 0 Å². The molecule has 0 atom stereocenters. The number of hydrogen-bond donors (Lipinski definition) is 1. The van der Waals surface area contributed by atoms with Gasteiger partial charge in [-0.3, -0.25) is 4.89 Å². The van der Waals surface area contributed by atoms with E-state index in [1.807, 2.05) is 41.5 Å². The Balaban J connectivity index is 0.000000361. The molecular weight excluding hydrogens is 260 g/mol. The van der Waals surface area contributed by atoms with Crippen LogP contribution in [0.1, 0.15) is 51.9 Å². The second kappa shape index (κ2) is 7.99. The summed E-state index contributed by atoms with van der Waals surface area (Å²) in [5.74, 6) is -0.736. The molecule has 1 rings (SSSR count). The van der Waals surface area contributed by atoms with Crippen molar-refractivity contribution in [1.82, 2.24) is 0 Å². The first kappa shape index (κ1) is 18.6. The maximum Gasteiger partial charge on any atom is 0.372 e. The van der Waals surface area contributed by atoms with Gasteiger partial charge < -0.3 is 0 Å². The van der Waals surface area contributed by atoms with E-state index in [2.05, 4.69) is 4.89 Å². The fourth-order valence-corrected chi connectivity index (χ4v) is 0.877. The molecule has 0 fully saturated rings. The second-order valence-corrected chi connectivity index (χ2v) is 6.14. The van der Waals surface area contributed by atoms with E-state index < -0.39 is 5.97 Å². The number of benzene rings is 1. The molecule has 0 aliphatic rings. The van der Waals surface area contributed by atoms with Gasteiger partial charge in [-0.1, -0.05) is 18.2 Å². The first-order valence-corrected chi connectivity index (χ1v) is 6.33. The Bertz CT molecular complexity index is 373. The number of hydrogen-bond acceptors (Lipinski definition) is 5. The van der Waals surface area contributed by atoms with E-state index in [0.29, 0.717) is 5.56 Å². The molecule has 0 spiro atoms. The Kier molecular flexibility index (Phi) is 7.42. The van der Waals surface area contributed by atoms with Gasteiger partial charge in [0.25, 0.3) is 0 Å². The summed E-state index contributed by atoms with van der Waals surface area (Å²) in [7, 11) is 0. The zero-order valence-corrected chi connectivity index (χ0v) is 13.0. The zero-order chi connectivity index (χ0) is 15.8. The van der Waals surface area contributed by atoms with Crippen LogP contribution in [-0.2, 0) is 14.7 Å². The van der Waals surface area contributed by atoms with Crippen molar-refractivity contribution in [3.63, 3.8) is 0 Å². The Morgan fingerprint density at radius 2 is 1.30 bits per heavy atom. The van der Waals surface area contributed by atoms with E-state index >= 15 is 0 Å². The van der Waals surface area contributed by atoms with Crippen LogP contribution in [0.2, 0.25) is 0 Å². The predicted octanol–water partition coefficient (Wildman–Crippen LogP) is 3.85. The van der Waals surface area contributed by atoms with Crippen molar-refractivity contribution in [2.75, 3.05) is 0 Å². The monoisotopic (exact) mass is 284 g/mol. The third-order valence-corrected chi connectivity index (χ3v) is 1.63. The van der Waals surface area contributed by atoms with Crippen molar-refractivity contribution in [2.24, 2.45) is 0 Å². The van der Waals surface area contributed by atoms with E-state index in [4.69, 9.17) is 15.0 Å². The Morgan fingerprint density at radius 1 is 0.900 bits per heavy atom. The van der Waals surface area contributed by atoms with Crippen LogP contribution in [0.15, 0.2) is 30.3 Å². The summed E-state index contributed by atoms with van der Waals surface area (Å²) in [6.45, 7) is 11.7. The summed E-state index contributed by atoms with van der Waals surface area (Å²) in [6.07, 6.45) is 0. The van der Waals surface area contributed by atoms with Crippen molar-refractivity contribution < 1.29 is 24.7 Å². The summed E-state index contributed by atoms with van der Waals surface area (Å²) >= 11 is 0. The van der Waals surface area contributed by atoms with Crippen LogP contribution in [0.4, 0.5) is 0 Å². The standard InChI is InChI=1S/C8H18O2.C7H6O3/c1-7(2,3)9-10-8(4,5)6;8-7(10-9)6-4-2-1-3-5-6/h1-6H3;1-5,9H. The molecule has 0 unspecified atom stereocenters. The highest BCUT2D eigenvalue weighted by atomic mass is 17.2. The molecule has 0 bridgehead atoms. The Labute approximate surface area is 120 Å². The molecule has 0 radical (unpaired) electrons. The van der Waals surface area contributed by atoms with Crippen LogP contribution in [0.5, 0.6) is 0 Å². The molecule has 0 heterocycles. The first-order valence-electron chi connectivity index (χ1n) is 6.33. The fourth-order valence-electron chi connectivity index (χ4n) is 0.877. The van der Waals surface area contributed by atoms with Crippen molar-refractivity contribution in [2.45, 2.75) is 52.7 Å². The molecule has 5 heteroatoms.